The average Bonchev–Trinajstić information content (AvgIpc) is 2.18. The molecule has 3 nitrogen and oxygen atoms in total. The Morgan fingerprint density at radius 3 is 2.60 bits per heavy atom. The Morgan fingerprint density at radius 2 is 2.07 bits per heavy atom. The lowest BCUT2D eigenvalue weighted by atomic mass is 10.1. The molecule has 1 aromatic carbocycles. The van der Waals surface area contributed by atoms with Crippen LogP contribution in [0.1, 0.15) is 25.5 Å². The van der Waals surface area contributed by atoms with E-state index in [1.807, 2.05) is 19.1 Å². The van der Waals surface area contributed by atoms with Gasteiger partial charge in [-0.2, -0.15) is 0 Å². The molecule has 0 spiro atoms. The molecule has 0 bridgehead atoms. The smallest absolute Gasteiger partial charge is 0.407 e. The quantitative estimate of drug-likeness (QED) is 0.862. The van der Waals surface area contributed by atoms with Gasteiger partial charge in [0.05, 0.1) is 12.6 Å². The zero-order chi connectivity index (χ0) is 11.3. The molecule has 0 heterocycles. The lowest BCUT2D eigenvalue weighted by Crippen LogP contribution is -2.27. The summed E-state index contributed by atoms with van der Waals surface area (Å²) in [5, 5.41) is 3.39. The predicted octanol–water partition coefficient (Wildman–Crippen LogP) is 3.15. The molecule has 0 fully saturated rings. The first-order valence-electron chi connectivity index (χ1n) is 4.82. The minimum Gasteiger partial charge on any atom is -0.450 e. The minimum atomic E-state index is -0.403. The molecule has 15 heavy (non-hydrogen) atoms. The summed E-state index contributed by atoms with van der Waals surface area (Å²) in [6, 6.07) is 7.25. The van der Waals surface area contributed by atoms with Crippen LogP contribution in [0.3, 0.4) is 0 Å². The third kappa shape index (κ3) is 3.80. The maximum atomic E-state index is 11.1. The van der Waals surface area contributed by atoms with Crippen molar-refractivity contribution in [2.24, 2.45) is 0 Å². The Labute approximate surface area is 94.4 Å². The van der Waals surface area contributed by atoms with Crippen molar-refractivity contribution in [2.45, 2.75) is 19.9 Å². The topological polar surface area (TPSA) is 38.3 Å². The largest absolute Gasteiger partial charge is 0.450 e. The van der Waals surface area contributed by atoms with E-state index < -0.39 is 6.09 Å². The maximum absolute atomic E-state index is 11.1. The molecule has 1 atom stereocenters. The highest BCUT2D eigenvalue weighted by atomic mass is 35.5. The van der Waals surface area contributed by atoms with Gasteiger partial charge in [0.2, 0.25) is 0 Å². The average molecular weight is 228 g/mol. The van der Waals surface area contributed by atoms with Crippen LogP contribution in [0.5, 0.6) is 0 Å². The second-order valence-corrected chi connectivity index (χ2v) is 3.57. The highest BCUT2D eigenvalue weighted by Crippen LogP contribution is 2.15. The molecule has 0 aliphatic rings. The second-order valence-electron chi connectivity index (χ2n) is 3.14. The van der Waals surface area contributed by atoms with Gasteiger partial charge in [-0.05, 0) is 31.5 Å². The van der Waals surface area contributed by atoms with E-state index in [0.717, 1.165) is 5.56 Å². The molecule has 4 heteroatoms. The number of nitrogens with one attached hydrogen (secondary N) is 1. The number of halogens is 1. The van der Waals surface area contributed by atoms with Crippen LogP contribution in [0.4, 0.5) is 4.79 Å². The standard InChI is InChI=1S/C11H14ClNO2/c1-3-15-11(14)13-8(2)9-4-6-10(12)7-5-9/h4-8H,3H2,1-2H3,(H,13,14)/t8-/m1/s1. The van der Waals surface area contributed by atoms with Crippen LogP contribution in [-0.4, -0.2) is 12.7 Å². The van der Waals surface area contributed by atoms with Crippen LogP contribution in [0.25, 0.3) is 0 Å². The molecule has 1 aromatic rings. The first-order chi connectivity index (χ1) is 7.13. The van der Waals surface area contributed by atoms with E-state index in [4.69, 9.17) is 16.3 Å². The summed E-state index contributed by atoms with van der Waals surface area (Å²) < 4.78 is 4.78. The van der Waals surface area contributed by atoms with Gasteiger partial charge in [0.15, 0.2) is 0 Å². The Bertz CT molecular complexity index is 324. The van der Waals surface area contributed by atoms with Gasteiger partial charge in [0.25, 0.3) is 0 Å². The van der Waals surface area contributed by atoms with Crippen LogP contribution in [0.15, 0.2) is 24.3 Å². The molecule has 0 aliphatic heterocycles. The lowest BCUT2D eigenvalue weighted by molar-refractivity contribution is 0.149. The molecule has 0 radical (unpaired) electrons. The van der Waals surface area contributed by atoms with Gasteiger partial charge >= 0.3 is 6.09 Å². The molecule has 0 aliphatic carbocycles. The highest BCUT2D eigenvalue weighted by molar-refractivity contribution is 6.30. The van der Waals surface area contributed by atoms with Crippen molar-refractivity contribution in [1.29, 1.82) is 0 Å². The molecule has 0 aromatic heterocycles. The number of hydrogen-bond donors (Lipinski definition) is 1. The minimum absolute atomic E-state index is 0.0821. The van der Waals surface area contributed by atoms with Crippen molar-refractivity contribution in [1.82, 2.24) is 5.32 Å². The number of amides is 1. The molecule has 82 valence electrons. The molecule has 0 saturated carbocycles. The second kappa shape index (κ2) is 5.61. The zero-order valence-electron chi connectivity index (χ0n) is 8.79. The summed E-state index contributed by atoms with van der Waals surface area (Å²) >= 11 is 5.76. The monoisotopic (exact) mass is 227 g/mol. The van der Waals surface area contributed by atoms with Crippen LogP contribution >= 0.6 is 11.6 Å². The zero-order valence-corrected chi connectivity index (χ0v) is 9.54. The molecular formula is C11H14ClNO2. The van der Waals surface area contributed by atoms with Crippen LogP contribution < -0.4 is 5.32 Å². The Kier molecular flexibility index (Phi) is 4.43. The van der Waals surface area contributed by atoms with E-state index in [1.54, 1.807) is 19.1 Å². The summed E-state index contributed by atoms with van der Waals surface area (Å²) in [6.45, 7) is 4.03. The van der Waals surface area contributed by atoms with Crippen LogP contribution in [0, 0.1) is 0 Å². The lowest BCUT2D eigenvalue weighted by Gasteiger charge is -2.13. The van der Waals surface area contributed by atoms with E-state index in [1.165, 1.54) is 0 Å². The Hall–Kier alpha value is -1.22. The molecule has 1 N–H and O–H groups in total. The summed E-state index contributed by atoms with van der Waals surface area (Å²) in [6.07, 6.45) is -0.403. The number of ether oxygens (including phenoxy) is 1. The first kappa shape index (κ1) is 11.9. The third-order valence-electron chi connectivity index (χ3n) is 1.98. The van der Waals surface area contributed by atoms with E-state index >= 15 is 0 Å². The number of alkyl carbamates (subject to hydrolysis) is 1. The van der Waals surface area contributed by atoms with Gasteiger partial charge in [-0.25, -0.2) is 4.79 Å². The van der Waals surface area contributed by atoms with E-state index in [0.29, 0.717) is 11.6 Å². The molecular weight excluding hydrogens is 214 g/mol. The summed E-state index contributed by atoms with van der Waals surface area (Å²) in [4.78, 5) is 11.1. The van der Waals surface area contributed by atoms with Crippen molar-refractivity contribution in [3.63, 3.8) is 0 Å². The molecule has 0 unspecified atom stereocenters. The number of carbonyl (C=O) groups excluding carboxylic acids is 1. The van der Waals surface area contributed by atoms with Gasteiger partial charge in [-0.15, -0.1) is 0 Å². The van der Waals surface area contributed by atoms with E-state index in [-0.39, 0.29) is 6.04 Å². The fourth-order valence-corrected chi connectivity index (χ4v) is 1.31. The highest BCUT2D eigenvalue weighted by Gasteiger charge is 2.09. The molecule has 1 rings (SSSR count). The summed E-state index contributed by atoms with van der Waals surface area (Å²) in [7, 11) is 0. The maximum Gasteiger partial charge on any atom is 0.407 e. The summed E-state index contributed by atoms with van der Waals surface area (Å²) in [5.74, 6) is 0. The Morgan fingerprint density at radius 1 is 1.47 bits per heavy atom. The SMILES string of the molecule is CCOC(=O)N[C@H](C)c1ccc(Cl)cc1. The van der Waals surface area contributed by atoms with Gasteiger partial charge in [0, 0.05) is 5.02 Å². The van der Waals surface area contributed by atoms with E-state index in [2.05, 4.69) is 5.32 Å². The van der Waals surface area contributed by atoms with Gasteiger partial charge < -0.3 is 10.1 Å². The number of hydrogen-bond acceptors (Lipinski definition) is 2. The fraction of sp³-hybridized carbons (Fsp3) is 0.364. The van der Waals surface area contributed by atoms with E-state index in [9.17, 15) is 4.79 Å². The van der Waals surface area contributed by atoms with Crippen molar-refractivity contribution in [3.8, 4) is 0 Å². The third-order valence-corrected chi connectivity index (χ3v) is 2.23. The number of benzene rings is 1. The first-order valence-corrected chi connectivity index (χ1v) is 5.20. The van der Waals surface area contributed by atoms with Crippen LogP contribution in [0.2, 0.25) is 5.02 Å². The predicted molar refractivity (Wildman–Crippen MR) is 60.0 cm³/mol. The van der Waals surface area contributed by atoms with Crippen LogP contribution in [-0.2, 0) is 4.74 Å². The van der Waals surface area contributed by atoms with Gasteiger partial charge in [-0.3, -0.25) is 0 Å². The summed E-state index contributed by atoms with van der Waals surface area (Å²) in [5.41, 5.74) is 0.993. The van der Waals surface area contributed by atoms with Crippen molar-refractivity contribution in [2.75, 3.05) is 6.61 Å². The van der Waals surface area contributed by atoms with Gasteiger partial charge in [-0.1, -0.05) is 23.7 Å². The molecule has 1 amide bonds. The normalized spacial score (nSPS) is 11.9. The fourth-order valence-electron chi connectivity index (χ4n) is 1.18. The Balaban J connectivity index is 2.57. The molecule has 0 saturated heterocycles. The van der Waals surface area contributed by atoms with Gasteiger partial charge in [0.1, 0.15) is 0 Å². The van der Waals surface area contributed by atoms with Crippen molar-refractivity contribution in [3.05, 3.63) is 34.9 Å². The number of rotatable bonds is 3. The van der Waals surface area contributed by atoms with Crippen molar-refractivity contribution >= 4 is 17.7 Å². The van der Waals surface area contributed by atoms with Crippen molar-refractivity contribution < 1.29 is 9.53 Å². The number of carbonyl (C=O) groups is 1.